The number of allylic oxidation sites excluding steroid dienone is 3. The predicted molar refractivity (Wildman–Crippen MR) is 34.8 cm³/mol. The number of rotatable bonds is 0. The quantitative estimate of drug-likeness (QED) is 0.539. The van der Waals surface area contributed by atoms with Crippen molar-refractivity contribution in [2.75, 3.05) is 0 Å². The minimum Gasteiger partial charge on any atom is -0.731 e. The molecule has 0 aromatic rings. The highest BCUT2D eigenvalue weighted by Gasteiger charge is 2.16. The Balaban J connectivity index is 2.30. The lowest BCUT2D eigenvalue weighted by molar-refractivity contribution is -0.114. The van der Waals surface area contributed by atoms with E-state index in [1.54, 1.807) is 6.08 Å². The van der Waals surface area contributed by atoms with E-state index in [2.05, 4.69) is 10.4 Å². The highest BCUT2D eigenvalue weighted by molar-refractivity contribution is 5.27. The maximum Gasteiger partial charge on any atom is 0.0746 e. The fourth-order valence-corrected chi connectivity index (χ4v) is 1.07. The predicted octanol–water partition coefficient (Wildman–Crippen LogP) is 0.798. The van der Waals surface area contributed by atoms with Crippen LogP contribution < -0.4 is 5.48 Å². The lowest BCUT2D eigenvalue weighted by atomic mass is 10.1. The van der Waals surface area contributed by atoms with Crippen molar-refractivity contribution in [1.29, 1.82) is 0 Å². The van der Waals surface area contributed by atoms with Crippen LogP contribution in [0.5, 0.6) is 0 Å². The van der Waals surface area contributed by atoms with Crippen molar-refractivity contribution in [2.45, 2.75) is 12.8 Å². The molecular weight excluding hydrogens is 132 g/mol. The van der Waals surface area contributed by atoms with Gasteiger partial charge in [-0.2, -0.15) is 4.94 Å². The fraction of sp³-hybridized carbons (Fsp3) is 0.333. The number of nitrogens with one attached hydrogen (secondary N) is 1. The zero-order valence-corrected chi connectivity index (χ0v) is 5.33. The second-order valence-corrected chi connectivity index (χ2v) is 2.26. The molecule has 1 aliphatic carbocycles. The molecule has 0 spiro atoms. The second kappa shape index (κ2) is 2.00. The first kappa shape index (κ1) is 5.76. The summed E-state index contributed by atoms with van der Waals surface area (Å²) in [6, 6.07) is 0. The third-order valence-electron chi connectivity index (χ3n) is 1.59. The summed E-state index contributed by atoms with van der Waals surface area (Å²) in [6.45, 7) is 0. The van der Waals surface area contributed by atoms with Crippen molar-refractivity contribution in [2.24, 2.45) is 0 Å². The molecule has 0 bridgehead atoms. The lowest BCUT2D eigenvalue weighted by Gasteiger charge is -2.21. The summed E-state index contributed by atoms with van der Waals surface area (Å²) < 4.78 is 0. The van der Waals surface area contributed by atoms with E-state index in [9.17, 15) is 5.21 Å². The molecule has 0 unspecified atom stereocenters. The van der Waals surface area contributed by atoms with Crippen LogP contribution in [-0.4, -0.2) is 5.23 Å². The number of nitrogens with zero attached hydrogens (tertiary/aromatic N) is 1. The van der Waals surface area contributed by atoms with Gasteiger partial charge in [0, 0.05) is 0 Å². The lowest BCUT2D eigenvalue weighted by Crippen LogP contribution is -2.12. The molecular formula is C6H7N2O2-. The fourth-order valence-electron chi connectivity index (χ4n) is 1.07. The van der Waals surface area contributed by atoms with Crippen LogP contribution in [0.2, 0.25) is 0 Å². The Kier molecular flexibility index (Phi) is 1.15. The molecule has 1 aliphatic heterocycles. The molecule has 2 aliphatic rings. The van der Waals surface area contributed by atoms with Crippen molar-refractivity contribution in [1.82, 2.24) is 10.7 Å². The summed E-state index contributed by atoms with van der Waals surface area (Å²) in [5.41, 5.74) is 4.04. The van der Waals surface area contributed by atoms with Gasteiger partial charge in [0.25, 0.3) is 0 Å². The molecule has 10 heavy (non-hydrogen) atoms. The summed E-state index contributed by atoms with van der Waals surface area (Å²) in [7, 11) is 0. The van der Waals surface area contributed by atoms with Crippen molar-refractivity contribution in [3.8, 4) is 0 Å². The summed E-state index contributed by atoms with van der Waals surface area (Å²) >= 11 is 0. The van der Waals surface area contributed by atoms with Crippen LogP contribution >= 0.6 is 0 Å². The third kappa shape index (κ3) is 0.698. The summed E-state index contributed by atoms with van der Waals surface area (Å²) in [5.74, 6) is 0. The molecule has 4 heteroatoms. The van der Waals surface area contributed by atoms with Crippen LogP contribution in [0.25, 0.3) is 0 Å². The largest absolute Gasteiger partial charge is 0.731 e. The van der Waals surface area contributed by atoms with Gasteiger partial charge >= 0.3 is 0 Å². The first-order chi connectivity index (χ1) is 4.88. The van der Waals surface area contributed by atoms with Crippen LogP contribution in [-0.2, 0) is 4.94 Å². The molecule has 2 rings (SSSR count). The maximum atomic E-state index is 10.7. The molecule has 4 nitrogen and oxygen atoms in total. The number of hydrogen-bond donors (Lipinski definition) is 1. The highest BCUT2D eigenvalue weighted by atomic mass is 17.0. The standard InChI is InChI=1S/C6H7N2O2/c9-8-6-4-2-1-3-5(6)7-10-8/h2,4,7H,1,3H2/q-1. The molecule has 0 saturated carbocycles. The van der Waals surface area contributed by atoms with Crippen molar-refractivity contribution in [3.05, 3.63) is 28.8 Å². The Labute approximate surface area is 58.3 Å². The average Bonchev–Trinajstić information content (AvgIpc) is 2.34. The van der Waals surface area contributed by atoms with Crippen LogP contribution in [0.4, 0.5) is 0 Å². The van der Waals surface area contributed by atoms with Crippen LogP contribution in [0.3, 0.4) is 0 Å². The van der Waals surface area contributed by atoms with Gasteiger partial charge in [-0.15, -0.1) is 0 Å². The summed E-state index contributed by atoms with van der Waals surface area (Å²) in [6.07, 6.45) is 5.57. The van der Waals surface area contributed by atoms with Gasteiger partial charge < -0.3 is 5.21 Å². The molecule has 0 radical (unpaired) electrons. The summed E-state index contributed by atoms with van der Waals surface area (Å²) in [5, 5.41) is 11.2. The molecule has 0 amide bonds. The first-order valence-corrected chi connectivity index (χ1v) is 3.18. The molecule has 0 fully saturated rings. The van der Waals surface area contributed by atoms with Crippen molar-refractivity contribution in [3.63, 3.8) is 0 Å². The molecule has 0 aromatic heterocycles. The SMILES string of the molecule is [O-]N1ONC2=C1C=CCC2. The Morgan fingerprint density at radius 1 is 1.70 bits per heavy atom. The Morgan fingerprint density at radius 3 is 3.40 bits per heavy atom. The Hall–Kier alpha value is -1.00. The molecule has 1 N–H and O–H groups in total. The van der Waals surface area contributed by atoms with E-state index in [0.29, 0.717) is 10.9 Å². The van der Waals surface area contributed by atoms with Crippen LogP contribution in [0.1, 0.15) is 12.8 Å². The van der Waals surface area contributed by atoms with Gasteiger partial charge in [0.1, 0.15) is 0 Å². The molecule has 0 saturated heterocycles. The average molecular weight is 139 g/mol. The van der Waals surface area contributed by atoms with E-state index in [1.807, 2.05) is 6.08 Å². The number of hydroxylamine groups is 3. The Morgan fingerprint density at radius 2 is 2.60 bits per heavy atom. The minimum atomic E-state index is 0.491. The van der Waals surface area contributed by atoms with E-state index >= 15 is 0 Å². The maximum absolute atomic E-state index is 10.7. The van der Waals surface area contributed by atoms with Gasteiger partial charge in [0.2, 0.25) is 0 Å². The van der Waals surface area contributed by atoms with E-state index in [-0.39, 0.29) is 0 Å². The zero-order valence-electron chi connectivity index (χ0n) is 5.33. The molecule has 54 valence electrons. The van der Waals surface area contributed by atoms with E-state index in [4.69, 9.17) is 0 Å². The van der Waals surface area contributed by atoms with E-state index in [0.717, 1.165) is 18.5 Å². The summed E-state index contributed by atoms with van der Waals surface area (Å²) in [4.78, 5) is 4.50. The van der Waals surface area contributed by atoms with E-state index < -0.39 is 0 Å². The minimum absolute atomic E-state index is 0.491. The first-order valence-electron chi connectivity index (χ1n) is 3.18. The second-order valence-electron chi connectivity index (χ2n) is 2.26. The van der Waals surface area contributed by atoms with E-state index in [1.165, 1.54) is 0 Å². The normalized spacial score (nSPS) is 23.1. The van der Waals surface area contributed by atoms with Gasteiger partial charge in [0.05, 0.1) is 11.4 Å². The molecule has 0 atom stereocenters. The van der Waals surface area contributed by atoms with Crippen molar-refractivity contribution >= 4 is 0 Å². The Bertz CT molecular complexity index is 210. The highest BCUT2D eigenvalue weighted by Crippen LogP contribution is 2.23. The van der Waals surface area contributed by atoms with Gasteiger partial charge in [-0.3, -0.25) is 5.23 Å². The topological polar surface area (TPSA) is 47.6 Å². The monoisotopic (exact) mass is 139 g/mol. The third-order valence-corrected chi connectivity index (χ3v) is 1.59. The smallest absolute Gasteiger partial charge is 0.0746 e. The van der Waals surface area contributed by atoms with Gasteiger partial charge in [-0.1, -0.05) is 6.08 Å². The molecule has 0 aromatic carbocycles. The van der Waals surface area contributed by atoms with Gasteiger partial charge in [-0.25, -0.2) is 5.48 Å². The van der Waals surface area contributed by atoms with Gasteiger partial charge in [-0.05, 0) is 18.9 Å². The van der Waals surface area contributed by atoms with Crippen molar-refractivity contribution < 1.29 is 4.94 Å². The zero-order chi connectivity index (χ0) is 6.97. The molecule has 1 heterocycles. The number of hydrogen-bond acceptors (Lipinski definition) is 4. The van der Waals surface area contributed by atoms with Crippen LogP contribution in [0.15, 0.2) is 23.5 Å². The van der Waals surface area contributed by atoms with Crippen LogP contribution in [0, 0.1) is 5.21 Å². The van der Waals surface area contributed by atoms with Gasteiger partial charge in [0.15, 0.2) is 0 Å².